The molecule has 1 saturated heterocycles. The average molecular weight is 810 g/mol. The van der Waals surface area contributed by atoms with Gasteiger partial charge < -0.3 is 25.6 Å². The number of alkyl halides is 2. The Kier molecular flexibility index (Phi) is 16.1. The van der Waals surface area contributed by atoms with Crippen molar-refractivity contribution in [3.05, 3.63) is 104 Å². The molecule has 0 bridgehead atoms. The fourth-order valence-corrected chi connectivity index (χ4v) is 7.99. The number of hydrogen-bond acceptors (Lipinski definition) is 9. The molecule has 1 aliphatic heterocycles. The largest absolute Gasteiger partial charge is 0.444 e. The van der Waals surface area contributed by atoms with E-state index in [1.807, 2.05) is 66.0 Å². The number of alkyl carbamates (subject to hydrolysis) is 1. The lowest BCUT2D eigenvalue weighted by atomic mass is 9.95. The SMILES string of the molecule is CC(C)c1nc(CN(C)C(=O)N[C@@H](CCN2CCCC(F)(F)C2)C(=O)N[C@H](CC[C@H](Cc2ccccc2)NC(=O)OCc2cncs2)Cc2ccccc2)cs1. The maximum absolute atomic E-state index is 14.3. The molecule has 56 heavy (non-hydrogen) atoms. The average Bonchev–Trinajstić information content (AvgIpc) is 3.88. The predicted molar refractivity (Wildman–Crippen MR) is 216 cm³/mol. The summed E-state index contributed by atoms with van der Waals surface area (Å²) in [4.78, 5) is 53.4. The van der Waals surface area contributed by atoms with Gasteiger partial charge in [-0.25, -0.2) is 23.4 Å². The first kappa shape index (κ1) is 42.7. The van der Waals surface area contributed by atoms with Crippen LogP contribution in [0.5, 0.6) is 0 Å². The number of benzene rings is 2. The molecule has 1 aliphatic rings. The first-order valence-electron chi connectivity index (χ1n) is 19.2. The molecule has 3 heterocycles. The maximum Gasteiger partial charge on any atom is 0.407 e. The van der Waals surface area contributed by atoms with Crippen molar-refractivity contribution in [3.63, 3.8) is 0 Å². The molecule has 0 saturated carbocycles. The lowest BCUT2D eigenvalue weighted by molar-refractivity contribution is -0.124. The second-order valence-electron chi connectivity index (χ2n) is 14.8. The Morgan fingerprint density at radius 1 is 0.929 bits per heavy atom. The van der Waals surface area contributed by atoms with Crippen LogP contribution in [-0.4, -0.2) is 88.5 Å². The number of aromatic nitrogens is 2. The molecule has 2 aromatic carbocycles. The van der Waals surface area contributed by atoms with Crippen molar-refractivity contribution in [2.24, 2.45) is 0 Å². The Labute approximate surface area is 336 Å². The summed E-state index contributed by atoms with van der Waals surface area (Å²) in [5.74, 6) is -2.93. The second kappa shape index (κ2) is 21.2. The standard InChI is InChI=1S/C41H53F2N7O4S2/c1-29(2)38-46-34(26-55-38)24-49(3)39(52)48-36(17-20-50-19-10-18-41(42,43)27-50)37(51)45-32(21-30-11-6-4-7-12-30)15-16-33(22-31-13-8-5-9-14-31)47-40(53)54-25-35-23-44-28-56-35/h4-9,11-14,23,26,28-29,32-33,36H,10,15-22,24-25,27H2,1-3H3,(H,45,51)(H,47,53)(H,48,52)/t32-,33-,36+/m1/s1. The molecule has 1 fully saturated rings. The Balaban J connectivity index is 1.30. The molecule has 5 rings (SSSR count). The summed E-state index contributed by atoms with van der Waals surface area (Å²) < 4.78 is 34.2. The van der Waals surface area contributed by atoms with E-state index in [1.165, 1.54) is 16.2 Å². The van der Waals surface area contributed by atoms with Crippen molar-refractivity contribution >= 4 is 40.7 Å². The molecule has 4 amide bonds. The van der Waals surface area contributed by atoms with Crippen LogP contribution < -0.4 is 16.0 Å². The summed E-state index contributed by atoms with van der Waals surface area (Å²) in [6.07, 6.45) is 3.53. The number of carbonyl (C=O) groups is 3. The first-order valence-corrected chi connectivity index (χ1v) is 20.9. The van der Waals surface area contributed by atoms with E-state index in [1.54, 1.807) is 35.0 Å². The zero-order valence-electron chi connectivity index (χ0n) is 32.3. The summed E-state index contributed by atoms with van der Waals surface area (Å²) in [7, 11) is 1.64. The molecule has 3 atom stereocenters. The molecule has 0 spiro atoms. The van der Waals surface area contributed by atoms with Crippen molar-refractivity contribution in [2.75, 3.05) is 26.7 Å². The van der Waals surface area contributed by atoms with Crippen LogP contribution in [-0.2, 0) is 35.5 Å². The van der Waals surface area contributed by atoms with E-state index >= 15 is 0 Å². The van der Waals surface area contributed by atoms with Gasteiger partial charge in [0.25, 0.3) is 5.92 Å². The number of urea groups is 1. The van der Waals surface area contributed by atoms with Crippen LogP contribution >= 0.6 is 22.7 Å². The molecule has 15 heteroatoms. The summed E-state index contributed by atoms with van der Waals surface area (Å²) in [5.41, 5.74) is 4.48. The van der Waals surface area contributed by atoms with Crippen molar-refractivity contribution in [2.45, 2.75) is 102 Å². The molecule has 302 valence electrons. The maximum atomic E-state index is 14.3. The van der Waals surface area contributed by atoms with Crippen molar-refractivity contribution in [3.8, 4) is 0 Å². The quantitative estimate of drug-likeness (QED) is 0.0901. The van der Waals surface area contributed by atoms with Gasteiger partial charge in [-0.2, -0.15) is 0 Å². The number of nitrogens with zero attached hydrogens (tertiary/aromatic N) is 4. The Morgan fingerprint density at radius 2 is 1.59 bits per heavy atom. The van der Waals surface area contributed by atoms with E-state index in [-0.39, 0.29) is 57.1 Å². The third-order valence-corrected chi connectivity index (χ3v) is 11.6. The van der Waals surface area contributed by atoms with Crippen LogP contribution in [0.15, 0.2) is 77.8 Å². The zero-order valence-corrected chi connectivity index (χ0v) is 33.9. The summed E-state index contributed by atoms with van der Waals surface area (Å²) >= 11 is 2.94. The van der Waals surface area contributed by atoms with Gasteiger partial charge in [-0.1, -0.05) is 74.5 Å². The highest BCUT2D eigenvalue weighted by Gasteiger charge is 2.36. The van der Waals surface area contributed by atoms with Crippen LogP contribution in [0.25, 0.3) is 0 Å². The fourth-order valence-electron chi connectivity index (χ4n) is 6.66. The minimum absolute atomic E-state index is 0.112. The van der Waals surface area contributed by atoms with Gasteiger partial charge in [-0.3, -0.25) is 14.7 Å². The Morgan fingerprint density at radius 3 is 2.18 bits per heavy atom. The van der Waals surface area contributed by atoms with Gasteiger partial charge in [0.05, 0.1) is 34.2 Å². The molecule has 0 radical (unpaired) electrons. The Bertz CT molecular complexity index is 1800. The lowest BCUT2D eigenvalue weighted by Gasteiger charge is -2.33. The number of likely N-dealkylation sites (tertiary alicyclic amines) is 1. The summed E-state index contributed by atoms with van der Waals surface area (Å²) in [5, 5.41) is 12.0. The van der Waals surface area contributed by atoms with Crippen molar-refractivity contribution in [1.29, 1.82) is 0 Å². The highest BCUT2D eigenvalue weighted by Crippen LogP contribution is 2.27. The molecular weight excluding hydrogens is 757 g/mol. The monoisotopic (exact) mass is 809 g/mol. The number of halogens is 2. The fraction of sp³-hybridized carbons (Fsp3) is 0.488. The third-order valence-electron chi connectivity index (χ3n) is 9.64. The molecule has 11 nitrogen and oxygen atoms in total. The van der Waals surface area contributed by atoms with Crippen LogP contribution in [0.2, 0.25) is 0 Å². The van der Waals surface area contributed by atoms with Crippen LogP contribution in [0, 0.1) is 0 Å². The summed E-state index contributed by atoms with van der Waals surface area (Å²) in [6.45, 7) is 4.82. The number of hydrogen-bond donors (Lipinski definition) is 3. The Hall–Kier alpha value is -4.47. The van der Waals surface area contributed by atoms with Crippen molar-refractivity contribution in [1.82, 2.24) is 35.7 Å². The molecule has 3 N–H and O–H groups in total. The van der Waals surface area contributed by atoms with Gasteiger partial charge in [0, 0.05) is 49.6 Å². The normalized spacial score (nSPS) is 15.8. The minimum atomic E-state index is -2.79. The molecule has 0 aliphatic carbocycles. The number of piperidine rings is 1. The molecule has 4 aromatic rings. The van der Waals surface area contributed by atoms with Crippen LogP contribution in [0.3, 0.4) is 0 Å². The summed E-state index contributed by atoms with van der Waals surface area (Å²) in [6, 6.07) is 17.5. The van der Waals surface area contributed by atoms with E-state index in [0.717, 1.165) is 26.7 Å². The number of carbonyl (C=O) groups excluding carboxylic acids is 3. The van der Waals surface area contributed by atoms with Gasteiger partial charge in [-0.05, 0) is 56.2 Å². The van der Waals surface area contributed by atoms with E-state index < -0.39 is 30.0 Å². The van der Waals surface area contributed by atoms with E-state index in [4.69, 9.17) is 4.74 Å². The minimum Gasteiger partial charge on any atom is -0.444 e. The smallest absolute Gasteiger partial charge is 0.407 e. The number of nitrogens with one attached hydrogen (secondary N) is 3. The topological polar surface area (TPSA) is 129 Å². The molecule has 2 aromatic heterocycles. The molecule has 0 unspecified atom stereocenters. The van der Waals surface area contributed by atoms with Gasteiger partial charge in [0.15, 0.2) is 0 Å². The van der Waals surface area contributed by atoms with Crippen LogP contribution in [0.1, 0.15) is 78.6 Å². The number of amides is 4. The highest BCUT2D eigenvalue weighted by atomic mass is 32.1. The van der Waals surface area contributed by atoms with Gasteiger partial charge >= 0.3 is 12.1 Å². The van der Waals surface area contributed by atoms with E-state index in [0.29, 0.717) is 38.6 Å². The van der Waals surface area contributed by atoms with Gasteiger partial charge in [-0.15, -0.1) is 22.7 Å². The number of ether oxygens (including phenoxy) is 1. The third kappa shape index (κ3) is 14.2. The number of thiazole rings is 2. The van der Waals surface area contributed by atoms with Crippen molar-refractivity contribution < 1.29 is 27.9 Å². The van der Waals surface area contributed by atoms with Crippen LogP contribution in [0.4, 0.5) is 18.4 Å². The van der Waals surface area contributed by atoms with E-state index in [9.17, 15) is 23.2 Å². The first-order chi connectivity index (χ1) is 26.9. The second-order valence-corrected chi connectivity index (χ2v) is 16.6. The lowest BCUT2D eigenvalue weighted by Crippen LogP contribution is -2.54. The number of rotatable bonds is 19. The van der Waals surface area contributed by atoms with Gasteiger partial charge in [0.1, 0.15) is 12.6 Å². The highest BCUT2D eigenvalue weighted by molar-refractivity contribution is 7.09. The predicted octanol–water partition coefficient (Wildman–Crippen LogP) is 7.40. The molecular formula is C41H53F2N7O4S2. The zero-order chi connectivity index (χ0) is 39.9. The van der Waals surface area contributed by atoms with E-state index in [2.05, 4.69) is 39.8 Å². The van der Waals surface area contributed by atoms with Gasteiger partial charge in [0.2, 0.25) is 5.91 Å².